The Morgan fingerprint density at radius 2 is 1.93 bits per heavy atom. The molecule has 1 radical (unpaired) electrons. The molecular weight excluding hydrogens is 180 g/mol. The highest BCUT2D eigenvalue weighted by Gasteiger charge is 2.21. The summed E-state index contributed by atoms with van der Waals surface area (Å²) in [6.07, 6.45) is 12.4. The Hall–Kier alpha value is -0.880. The van der Waals surface area contributed by atoms with Gasteiger partial charge in [0, 0.05) is 6.42 Å². The Balaban J connectivity index is 4.46. The minimum atomic E-state index is -0.276. The molecule has 0 saturated carbocycles. The first-order valence-corrected chi connectivity index (χ1v) is 6.08. The van der Waals surface area contributed by atoms with Crippen LogP contribution in [-0.4, -0.2) is 0 Å². The molecule has 0 aromatic heterocycles. The lowest BCUT2D eigenvalue weighted by atomic mass is 9.82. The van der Waals surface area contributed by atoms with Gasteiger partial charge in [-0.05, 0) is 25.2 Å². The largest absolute Gasteiger partial charge is 0.101 e. The quantitative estimate of drug-likeness (QED) is 0.587. The van der Waals surface area contributed by atoms with E-state index in [1.807, 2.05) is 0 Å². The van der Waals surface area contributed by atoms with Crippen LogP contribution in [0.15, 0.2) is 0 Å². The molecule has 0 aromatic carbocycles. The van der Waals surface area contributed by atoms with E-state index in [1.54, 1.807) is 0 Å². The van der Waals surface area contributed by atoms with E-state index in [2.05, 4.69) is 45.5 Å². The highest BCUT2D eigenvalue weighted by atomic mass is 14.2. The second kappa shape index (κ2) is 7.42. The maximum atomic E-state index is 7.39. The van der Waals surface area contributed by atoms with Crippen LogP contribution >= 0.6 is 0 Å². The van der Waals surface area contributed by atoms with Gasteiger partial charge in [0.15, 0.2) is 0 Å². The normalized spacial score (nSPS) is 15.7. The van der Waals surface area contributed by atoms with Crippen molar-refractivity contribution in [2.45, 2.75) is 59.8 Å². The summed E-state index contributed by atoms with van der Waals surface area (Å²) in [4.78, 5) is 0. The van der Waals surface area contributed by atoms with Crippen molar-refractivity contribution >= 4 is 0 Å². The van der Waals surface area contributed by atoms with E-state index < -0.39 is 0 Å². The monoisotopic (exact) mass is 203 g/mol. The molecule has 0 bridgehead atoms. The second-order valence-electron chi connectivity index (χ2n) is 4.33. The van der Waals surface area contributed by atoms with Crippen LogP contribution in [0.4, 0.5) is 0 Å². The predicted molar refractivity (Wildman–Crippen MR) is 66.6 cm³/mol. The van der Waals surface area contributed by atoms with Crippen LogP contribution in [0.5, 0.6) is 0 Å². The van der Waals surface area contributed by atoms with Gasteiger partial charge in [0.2, 0.25) is 0 Å². The maximum Gasteiger partial charge on any atom is 0.0926 e. The fourth-order valence-electron chi connectivity index (χ4n) is 1.48. The Morgan fingerprint density at radius 1 is 1.27 bits per heavy atom. The van der Waals surface area contributed by atoms with Crippen molar-refractivity contribution in [1.29, 1.82) is 0 Å². The first kappa shape index (κ1) is 14.1. The van der Waals surface area contributed by atoms with Crippen molar-refractivity contribution in [3.63, 3.8) is 0 Å². The van der Waals surface area contributed by atoms with Crippen LogP contribution in [0.2, 0.25) is 0 Å². The summed E-state index contributed by atoms with van der Waals surface area (Å²) in [5, 5.41) is 0. The summed E-state index contributed by atoms with van der Waals surface area (Å²) in [6.45, 7) is 8.64. The summed E-state index contributed by atoms with van der Waals surface area (Å²) in [5.74, 6) is 9.78. The Kier molecular flexibility index (Phi) is 6.98. The minimum absolute atomic E-state index is 0.276. The highest BCUT2D eigenvalue weighted by Crippen LogP contribution is 2.26. The topological polar surface area (TPSA) is 0 Å². The van der Waals surface area contributed by atoms with Gasteiger partial charge in [-0.3, -0.25) is 0 Å². The van der Waals surface area contributed by atoms with E-state index in [0.29, 0.717) is 5.92 Å². The summed E-state index contributed by atoms with van der Waals surface area (Å²) < 4.78 is 0. The van der Waals surface area contributed by atoms with Gasteiger partial charge in [-0.25, -0.2) is 0 Å². The van der Waals surface area contributed by atoms with Gasteiger partial charge >= 0.3 is 0 Å². The third kappa shape index (κ3) is 4.94. The molecule has 0 aliphatic carbocycles. The summed E-state index contributed by atoms with van der Waals surface area (Å²) >= 11 is 0. The van der Waals surface area contributed by atoms with E-state index >= 15 is 0 Å². The first-order valence-electron chi connectivity index (χ1n) is 6.08. The molecule has 0 saturated heterocycles. The average molecular weight is 203 g/mol. The van der Waals surface area contributed by atoms with Gasteiger partial charge in [0.1, 0.15) is 0 Å². The van der Waals surface area contributed by atoms with E-state index in [-0.39, 0.29) is 5.41 Å². The molecule has 0 spiro atoms. The van der Waals surface area contributed by atoms with Gasteiger partial charge in [-0.2, -0.15) is 0 Å². The second-order valence-corrected chi connectivity index (χ2v) is 4.33. The third-order valence-corrected chi connectivity index (χ3v) is 2.99. The molecule has 2 atom stereocenters. The zero-order chi connectivity index (χ0) is 11.7. The average Bonchev–Trinajstić information content (AvgIpc) is 2.27. The Bertz CT molecular complexity index is 258. The van der Waals surface area contributed by atoms with E-state index in [1.165, 1.54) is 6.42 Å². The van der Waals surface area contributed by atoms with Crippen LogP contribution in [0.1, 0.15) is 59.8 Å². The van der Waals surface area contributed by atoms with Crippen LogP contribution in [0.3, 0.4) is 0 Å². The third-order valence-electron chi connectivity index (χ3n) is 2.99. The van der Waals surface area contributed by atoms with Gasteiger partial charge in [0.05, 0.1) is 5.41 Å². The van der Waals surface area contributed by atoms with Crippen LogP contribution in [-0.2, 0) is 0 Å². The number of rotatable bonds is 5. The molecular formula is C15H23. The van der Waals surface area contributed by atoms with Crippen molar-refractivity contribution < 1.29 is 0 Å². The van der Waals surface area contributed by atoms with Crippen molar-refractivity contribution in [1.82, 2.24) is 0 Å². The standard InChI is InChI=1S/C15H23/c1-6-12-15(8-3,9-4)13-10-11-14(5)7-2/h14H,6-8,11-12H2,1-3,5H3. The van der Waals surface area contributed by atoms with E-state index in [0.717, 1.165) is 25.7 Å². The van der Waals surface area contributed by atoms with Gasteiger partial charge in [-0.1, -0.05) is 52.4 Å². The zero-order valence-corrected chi connectivity index (χ0v) is 10.6. The molecule has 83 valence electrons. The molecule has 0 aliphatic rings. The lowest BCUT2D eigenvalue weighted by Crippen LogP contribution is -2.14. The van der Waals surface area contributed by atoms with Crippen LogP contribution in [0, 0.1) is 35.5 Å². The van der Waals surface area contributed by atoms with Gasteiger partial charge in [-0.15, -0.1) is 5.92 Å². The Morgan fingerprint density at radius 3 is 2.33 bits per heavy atom. The SMILES string of the molecule is [C]#CC(C#CCC(C)CC)(CC)CCC. The molecule has 0 heterocycles. The fourth-order valence-corrected chi connectivity index (χ4v) is 1.48. The fraction of sp³-hybridized carbons (Fsp3) is 0.733. The first-order chi connectivity index (χ1) is 7.14. The molecule has 0 aliphatic heterocycles. The van der Waals surface area contributed by atoms with Crippen molar-refractivity contribution in [2.24, 2.45) is 11.3 Å². The van der Waals surface area contributed by atoms with E-state index in [9.17, 15) is 0 Å². The van der Waals surface area contributed by atoms with Crippen molar-refractivity contribution in [3.05, 3.63) is 6.42 Å². The summed E-state index contributed by atoms with van der Waals surface area (Å²) in [6, 6.07) is 0. The molecule has 0 N–H and O–H groups in total. The van der Waals surface area contributed by atoms with Gasteiger partial charge in [0.25, 0.3) is 0 Å². The molecule has 0 rings (SSSR count). The molecule has 0 fully saturated rings. The predicted octanol–water partition coefficient (Wildman–Crippen LogP) is 4.21. The summed E-state index contributed by atoms with van der Waals surface area (Å²) in [5.41, 5.74) is -0.276. The molecule has 0 heteroatoms. The van der Waals surface area contributed by atoms with Crippen molar-refractivity contribution in [3.8, 4) is 17.8 Å². The molecule has 0 nitrogen and oxygen atoms in total. The van der Waals surface area contributed by atoms with Crippen LogP contribution < -0.4 is 0 Å². The molecule has 0 amide bonds. The molecule has 0 aromatic rings. The van der Waals surface area contributed by atoms with E-state index in [4.69, 9.17) is 6.42 Å². The van der Waals surface area contributed by atoms with Crippen LogP contribution in [0.25, 0.3) is 0 Å². The Labute approximate surface area is 95.8 Å². The molecule has 2 unspecified atom stereocenters. The zero-order valence-electron chi connectivity index (χ0n) is 10.6. The van der Waals surface area contributed by atoms with Gasteiger partial charge < -0.3 is 0 Å². The number of hydrogen-bond acceptors (Lipinski definition) is 0. The number of hydrogen-bond donors (Lipinski definition) is 0. The smallest absolute Gasteiger partial charge is 0.0926 e. The summed E-state index contributed by atoms with van der Waals surface area (Å²) in [7, 11) is 0. The maximum absolute atomic E-state index is 7.39. The lowest BCUT2D eigenvalue weighted by molar-refractivity contribution is 0.464. The van der Waals surface area contributed by atoms with Crippen molar-refractivity contribution in [2.75, 3.05) is 0 Å². The minimum Gasteiger partial charge on any atom is -0.101 e. The molecule has 15 heavy (non-hydrogen) atoms. The highest BCUT2D eigenvalue weighted by molar-refractivity contribution is 5.22. The lowest BCUT2D eigenvalue weighted by Gasteiger charge is -2.19.